The quantitative estimate of drug-likeness (QED) is 0.166. The molecule has 3 heteroatoms. The van der Waals surface area contributed by atoms with Crippen LogP contribution in [0.15, 0.2) is 200 Å². The molecule has 0 radical (unpaired) electrons. The Morgan fingerprint density at radius 2 is 0.891 bits per heavy atom. The minimum atomic E-state index is -0.524. The third kappa shape index (κ3) is 5.73. The molecule has 260 valence electrons. The minimum Gasteiger partial charge on any atom is -0.208 e. The Balaban J connectivity index is 1.19. The SMILES string of the molecule is C1=CCCC(c2cccc(-c3nc(-c4cccc(-c5ccccc5)c4)nc(-c4ccc5c(c4)C(c4ccccc4)(c4ccccc4)c4ccccc4-5)n3)c2)=C1. The number of fused-ring (bicyclic) bond motifs is 3. The van der Waals surface area contributed by atoms with Crippen molar-refractivity contribution < 1.29 is 0 Å². The van der Waals surface area contributed by atoms with Gasteiger partial charge in [-0.3, -0.25) is 0 Å². The van der Waals surface area contributed by atoms with Crippen LogP contribution in [0.4, 0.5) is 0 Å². The van der Waals surface area contributed by atoms with Gasteiger partial charge in [-0.05, 0) is 86.7 Å². The topological polar surface area (TPSA) is 38.7 Å². The van der Waals surface area contributed by atoms with E-state index in [4.69, 9.17) is 15.0 Å². The first kappa shape index (κ1) is 32.7. The number of rotatable bonds is 7. The zero-order valence-corrected chi connectivity index (χ0v) is 30.3. The highest BCUT2D eigenvalue weighted by Crippen LogP contribution is 2.56. The highest BCUT2D eigenvalue weighted by molar-refractivity contribution is 5.88. The van der Waals surface area contributed by atoms with Gasteiger partial charge in [-0.25, -0.2) is 15.0 Å². The van der Waals surface area contributed by atoms with Crippen molar-refractivity contribution in [1.29, 1.82) is 0 Å². The second-order valence-corrected chi connectivity index (χ2v) is 14.3. The molecule has 0 amide bonds. The second kappa shape index (κ2) is 13.8. The van der Waals surface area contributed by atoms with Gasteiger partial charge in [0.2, 0.25) is 0 Å². The normalized spacial score (nSPS) is 13.9. The molecule has 2 aliphatic carbocycles. The third-order valence-corrected chi connectivity index (χ3v) is 11.1. The van der Waals surface area contributed by atoms with E-state index < -0.39 is 5.41 Å². The van der Waals surface area contributed by atoms with Crippen molar-refractivity contribution >= 4 is 5.57 Å². The standard InChI is InChI=1S/C52H37N3/c1-5-17-36(18-6-1)38-21-15-23-40(33-38)49-53-50(41-24-16-22-39(34-41)37-19-7-2-8-20-37)55-51(54-49)42-31-32-46-45-29-13-14-30-47(45)52(48(46)35-42,43-25-9-3-10-26-43)44-27-11-4-12-28-44/h1-7,9-19,21-35H,8,20H2. The molecular weight excluding hydrogens is 667 g/mol. The molecule has 0 atom stereocenters. The monoisotopic (exact) mass is 703 g/mol. The lowest BCUT2D eigenvalue weighted by atomic mass is 9.67. The van der Waals surface area contributed by atoms with Gasteiger partial charge >= 0.3 is 0 Å². The molecule has 0 fully saturated rings. The first-order valence-corrected chi connectivity index (χ1v) is 19.0. The molecule has 0 saturated carbocycles. The van der Waals surface area contributed by atoms with Gasteiger partial charge < -0.3 is 0 Å². The summed E-state index contributed by atoms with van der Waals surface area (Å²) in [6.45, 7) is 0. The predicted molar refractivity (Wildman–Crippen MR) is 225 cm³/mol. The van der Waals surface area contributed by atoms with Crippen LogP contribution < -0.4 is 0 Å². The maximum Gasteiger partial charge on any atom is 0.164 e. The van der Waals surface area contributed by atoms with Crippen LogP contribution in [0.3, 0.4) is 0 Å². The zero-order chi connectivity index (χ0) is 36.6. The van der Waals surface area contributed by atoms with Crippen molar-refractivity contribution in [3.05, 3.63) is 228 Å². The van der Waals surface area contributed by atoms with Crippen LogP contribution in [0.1, 0.15) is 40.7 Å². The Morgan fingerprint density at radius 3 is 1.53 bits per heavy atom. The van der Waals surface area contributed by atoms with Crippen molar-refractivity contribution in [2.45, 2.75) is 18.3 Å². The lowest BCUT2D eigenvalue weighted by Crippen LogP contribution is -2.28. The van der Waals surface area contributed by atoms with E-state index in [0.29, 0.717) is 17.5 Å². The first-order valence-electron chi connectivity index (χ1n) is 19.0. The summed E-state index contributed by atoms with van der Waals surface area (Å²) in [6, 6.07) is 65.0. The number of hydrogen-bond donors (Lipinski definition) is 0. The molecule has 0 bridgehead atoms. The van der Waals surface area contributed by atoms with Gasteiger partial charge in [0.05, 0.1) is 5.41 Å². The number of hydrogen-bond acceptors (Lipinski definition) is 3. The Hall–Kier alpha value is -6.97. The van der Waals surface area contributed by atoms with Crippen LogP contribution in [0.2, 0.25) is 0 Å². The maximum atomic E-state index is 5.28. The van der Waals surface area contributed by atoms with E-state index >= 15 is 0 Å². The molecule has 7 aromatic carbocycles. The molecule has 1 heterocycles. The third-order valence-electron chi connectivity index (χ3n) is 11.1. The molecule has 1 aromatic heterocycles. The number of aromatic nitrogens is 3. The van der Waals surface area contributed by atoms with E-state index in [-0.39, 0.29) is 0 Å². The summed E-state index contributed by atoms with van der Waals surface area (Å²) >= 11 is 0. The Kier molecular flexibility index (Phi) is 8.18. The van der Waals surface area contributed by atoms with Crippen LogP contribution >= 0.6 is 0 Å². The van der Waals surface area contributed by atoms with E-state index in [2.05, 4.69) is 194 Å². The highest BCUT2D eigenvalue weighted by Gasteiger charge is 2.46. The van der Waals surface area contributed by atoms with Gasteiger partial charge in [0.15, 0.2) is 17.5 Å². The molecular formula is C52H37N3. The van der Waals surface area contributed by atoms with Gasteiger partial charge in [0.1, 0.15) is 0 Å². The summed E-state index contributed by atoms with van der Waals surface area (Å²) in [5, 5.41) is 0. The summed E-state index contributed by atoms with van der Waals surface area (Å²) < 4.78 is 0. The minimum absolute atomic E-state index is 0.524. The lowest BCUT2D eigenvalue weighted by Gasteiger charge is -2.34. The smallest absolute Gasteiger partial charge is 0.164 e. The number of allylic oxidation sites excluding steroid dienone is 4. The van der Waals surface area contributed by atoms with E-state index in [1.807, 2.05) is 6.07 Å². The summed E-state index contributed by atoms with van der Waals surface area (Å²) in [5.74, 6) is 1.94. The van der Waals surface area contributed by atoms with E-state index in [0.717, 1.165) is 40.7 Å². The van der Waals surface area contributed by atoms with Crippen LogP contribution in [-0.4, -0.2) is 15.0 Å². The van der Waals surface area contributed by atoms with Crippen molar-refractivity contribution in [3.8, 4) is 56.4 Å². The van der Waals surface area contributed by atoms with Gasteiger partial charge in [-0.1, -0.05) is 182 Å². The van der Waals surface area contributed by atoms with Crippen molar-refractivity contribution in [2.24, 2.45) is 0 Å². The fraction of sp³-hybridized carbons (Fsp3) is 0.0577. The molecule has 0 spiro atoms. The van der Waals surface area contributed by atoms with Crippen LogP contribution in [0, 0.1) is 0 Å². The average molecular weight is 704 g/mol. The second-order valence-electron chi connectivity index (χ2n) is 14.3. The molecule has 3 nitrogen and oxygen atoms in total. The zero-order valence-electron chi connectivity index (χ0n) is 30.3. The lowest BCUT2D eigenvalue weighted by molar-refractivity contribution is 0.768. The molecule has 0 N–H and O–H groups in total. The van der Waals surface area contributed by atoms with E-state index in [1.54, 1.807) is 0 Å². The summed E-state index contributed by atoms with van der Waals surface area (Å²) in [4.78, 5) is 15.7. The molecule has 0 saturated heterocycles. The number of benzene rings is 7. The molecule has 0 unspecified atom stereocenters. The van der Waals surface area contributed by atoms with Crippen LogP contribution in [0.25, 0.3) is 62.0 Å². The van der Waals surface area contributed by atoms with Gasteiger partial charge in [0.25, 0.3) is 0 Å². The number of nitrogens with zero attached hydrogens (tertiary/aromatic N) is 3. The van der Waals surface area contributed by atoms with Gasteiger partial charge in [-0.15, -0.1) is 0 Å². The Morgan fingerprint density at radius 1 is 0.382 bits per heavy atom. The first-order chi connectivity index (χ1) is 27.3. The highest BCUT2D eigenvalue weighted by atomic mass is 15.0. The Bertz CT molecular complexity index is 2710. The molecule has 55 heavy (non-hydrogen) atoms. The molecule has 2 aliphatic rings. The maximum absolute atomic E-state index is 5.28. The fourth-order valence-electron chi connectivity index (χ4n) is 8.52. The van der Waals surface area contributed by atoms with Gasteiger partial charge in [-0.2, -0.15) is 0 Å². The molecule has 0 aliphatic heterocycles. The van der Waals surface area contributed by atoms with Crippen molar-refractivity contribution in [1.82, 2.24) is 15.0 Å². The average Bonchev–Trinajstić information content (AvgIpc) is 3.58. The summed E-state index contributed by atoms with van der Waals surface area (Å²) in [5.41, 5.74) is 14.5. The molecule has 8 aromatic rings. The van der Waals surface area contributed by atoms with E-state index in [9.17, 15) is 0 Å². The fourth-order valence-corrected chi connectivity index (χ4v) is 8.52. The summed E-state index contributed by atoms with van der Waals surface area (Å²) in [7, 11) is 0. The Labute approximate surface area is 322 Å². The van der Waals surface area contributed by atoms with Crippen molar-refractivity contribution in [2.75, 3.05) is 0 Å². The summed E-state index contributed by atoms with van der Waals surface area (Å²) in [6.07, 6.45) is 8.66. The van der Waals surface area contributed by atoms with E-state index in [1.165, 1.54) is 44.5 Å². The molecule has 10 rings (SSSR count). The van der Waals surface area contributed by atoms with Crippen molar-refractivity contribution in [3.63, 3.8) is 0 Å². The van der Waals surface area contributed by atoms with Gasteiger partial charge in [0, 0.05) is 16.7 Å². The predicted octanol–water partition coefficient (Wildman–Crippen LogP) is 12.6. The largest absolute Gasteiger partial charge is 0.208 e. The van der Waals surface area contributed by atoms with Crippen LogP contribution in [0.5, 0.6) is 0 Å². The van der Waals surface area contributed by atoms with Crippen LogP contribution in [-0.2, 0) is 5.41 Å².